The van der Waals surface area contributed by atoms with Crippen LogP contribution < -0.4 is 9.62 Å². The van der Waals surface area contributed by atoms with Crippen molar-refractivity contribution in [1.82, 2.24) is 5.32 Å². The SMILES string of the molecule is Cc1ccc(C(=O)NCCSCc2ccccc2)cc1N(C)S(C)(=O)=O. The molecule has 0 aliphatic rings. The van der Waals surface area contributed by atoms with Crippen molar-refractivity contribution in [3.05, 3.63) is 65.2 Å². The Hall–Kier alpha value is -1.99. The van der Waals surface area contributed by atoms with Crippen LogP contribution >= 0.6 is 11.8 Å². The molecule has 5 nitrogen and oxygen atoms in total. The molecule has 1 amide bonds. The van der Waals surface area contributed by atoms with E-state index in [4.69, 9.17) is 0 Å². The van der Waals surface area contributed by atoms with Gasteiger partial charge in [0.15, 0.2) is 0 Å². The molecule has 0 saturated carbocycles. The molecule has 26 heavy (non-hydrogen) atoms. The maximum absolute atomic E-state index is 12.3. The molecule has 0 aromatic heterocycles. The van der Waals surface area contributed by atoms with Crippen molar-refractivity contribution in [1.29, 1.82) is 0 Å². The summed E-state index contributed by atoms with van der Waals surface area (Å²) in [6.07, 6.45) is 1.14. The first-order valence-electron chi connectivity index (χ1n) is 8.23. The van der Waals surface area contributed by atoms with Crippen molar-refractivity contribution >= 4 is 33.4 Å². The highest BCUT2D eigenvalue weighted by Crippen LogP contribution is 2.22. The molecule has 0 unspecified atom stereocenters. The number of benzene rings is 2. The fourth-order valence-corrected chi connectivity index (χ4v) is 3.74. The molecule has 0 saturated heterocycles. The van der Waals surface area contributed by atoms with Gasteiger partial charge in [0.25, 0.3) is 5.91 Å². The van der Waals surface area contributed by atoms with Gasteiger partial charge in [0.2, 0.25) is 10.0 Å². The molecular formula is C19H24N2O3S2. The monoisotopic (exact) mass is 392 g/mol. The number of nitrogens with one attached hydrogen (secondary N) is 1. The van der Waals surface area contributed by atoms with Crippen molar-refractivity contribution in [3.63, 3.8) is 0 Å². The number of thioether (sulfide) groups is 1. The molecule has 0 fully saturated rings. The molecule has 140 valence electrons. The number of hydrogen-bond acceptors (Lipinski definition) is 4. The lowest BCUT2D eigenvalue weighted by Gasteiger charge is -2.19. The summed E-state index contributed by atoms with van der Waals surface area (Å²) in [5.41, 5.74) is 3.02. The van der Waals surface area contributed by atoms with Crippen molar-refractivity contribution in [2.75, 3.05) is 29.9 Å². The lowest BCUT2D eigenvalue weighted by atomic mass is 10.1. The Bertz CT molecular complexity index is 852. The summed E-state index contributed by atoms with van der Waals surface area (Å²) in [5, 5.41) is 2.88. The maximum Gasteiger partial charge on any atom is 0.251 e. The molecule has 0 aliphatic carbocycles. The van der Waals surface area contributed by atoms with Gasteiger partial charge < -0.3 is 5.32 Å². The lowest BCUT2D eigenvalue weighted by molar-refractivity contribution is 0.0956. The number of rotatable bonds is 8. The molecule has 0 atom stereocenters. The molecule has 0 aliphatic heterocycles. The average molecular weight is 393 g/mol. The number of amides is 1. The zero-order valence-corrected chi connectivity index (χ0v) is 16.9. The van der Waals surface area contributed by atoms with Crippen molar-refractivity contribution < 1.29 is 13.2 Å². The highest BCUT2D eigenvalue weighted by Gasteiger charge is 2.16. The Morgan fingerprint density at radius 1 is 1.15 bits per heavy atom. The van der Waals surface area contributed by atoms with Crippen LogP contribution in [0.2, 0.25) is 0 Å². The molecule has 2 rings (SSSR count). The van der Waals surface area contributed by atoms with E-state index in [0.717, 1.165) is 23.3 Å². The summed E-state index contributed by atoms with van der Waals surface area (Å²) >= 11 is 1.76. The highest BCUT2D eigenvalue weighted by atomic mass is 32.2. The Balaban J connectivity index is 1.89. The number of carbonyl (C=O) groups is 1. The van der Waals surface area contributed by atoms with Gasteiger partial charge >= 0.3 is 0 Å². The molecule has 0 radical (unpaired) electrons. The summed E-state index contributed by atoms with van der Waals surface area (Å²) in [5.74, 6) is 1.51. The Morgan fingerprint density at radius 2 is 1.85 bits per heavy atom. The molecule has 0 heterocycles. The Morgan fingerprint density at radius 3 is 2.50 bits per heavy atom. The van der Waals surface area contributed by atoms with Gasteiger partial charge in [-0.15, -0.1) is 0 Å². The van der Waals surface area contributed by atoms with Gasteiger partial charge in [-0.3, -0.25) is 9.10 Å². The van der Waals surface area contributed by atoms with Crippen LogP contribution in [-0.2, 0) is 15.8 Å². The predicted molar refractivity (Wildman–Crippen MR) is 109 cm³/mol. The van der Waals surface area contributed by atoms with E-state index in [1.807, 2.05) is 25.1 Å². The van der Waals surface area contributed by atoms with Crippen LogP contribution in [0.3, 0.4) is 0 Å². The largest absolute Gasteiger partial charge is 0.351 e. The quantitative estimate of drug-likeness (QED) is 0.701. The molecule has 7 heteroatoms. The fraction of sp³-hybridized carbons (Fsp3) is 0.316. The van der Waals surface area contributed by atoms with Crippen LogP contribution in [0.15, 0.2) is 48.5 Å². The Kier molecular flexibility index (Phi) is 7.11. The topological polar surface area (TPSA) is 66.5 Å². The molecule has 0 spiro atoms. The first kappa shape index (κ1) is 20.3. The van der Waals surface area contributed by atoms with E-state index >= 15 is 0 Å². The number of carbonyl (C=O) groups excluding carboxylic acids is 1. The van der Waals surface area contributed by atoms with Gasteiger partial charge in [-0.25, -0.2) is 8.42 Å². The van der Waals surface area contributed by atoms with E-state index in [0.29, 0.717) is 17.8 Å². The first-order valence-corrected chi connectivity index (χ1v) is 11.2. The van der Waals surface area contributed by atoms with Gasteiger partial charge in [0, 0.05) is 30.7 Å². The highest BCUT2D eigenvalue weighted by molar-refractivity contribution is 7.98. The summed E-state index contributed by atoms with van der Waals surface area (Å²) < 4.78 is 24.7. The number of sulfonamides is 1. The predicted octanol–water partition coefficient (Wildman–Crippen LogP) is 3.05. The normalized spacial score (nSPS) is 11.2. The van der Waals surface area contributed by atoms with E-state index in [9.17, 15) is 13.2 Å². The summed E-state index contributed by atoms with van der Waals surface area (Å²) in [6.45, 7) is 2.38. The average Bonchev–Trinajstić information content (AvgIpc) is 2.61. The van der Waals surface area contributed by atoms with Crippen LogP contribution in [0.25, 0.3) is 0 Å². The second kappa shape index (κ2) is 9.09. The maximum atomic E-state index is 12.3. The lowest BCUT2D eigenvalue weighted by Crippen LogP contribution is -2.28. The van der Waals surface area contributed by atoms with Crippen molar-refractivity contribution in [2.24, 2.45) is 0 Å². The van der Waals surface area contributed by atoms with Crippen LogP contribution in [0.5, 0.6) is 0 Å². The third-order valence-electron chi connectivity index (χ3n) is 3.95. The molecule has 0 bridgehead atoms. The van der Waals surface area contributed by atoms with E-state index in [-0.39, 0.29) is 5.91 Å². The minimum atomic E-state index is -3.37. The van der Waals surface area contributed by atoms with Crippen molar-refractivity contribution in [3.8, 4) is 0 Å². The minimum absolute atomic E-state index is 0.200. The van der Waals surface area contributed by atoms with Gasteiger partial charge in [-0.05, 0) is 30.2 Å². The number of anilines is 1. The fourth-order valence-electron chi connectivity index (χ4n) is 2.37. The molecule has 2 aromatic carbocycles. The van der Waals surface area contributed by atoms with Crippen molar-refractivity contribution in [2.45, 2.75) is 12.7 Å². The Labute approximate surface area is 159 Å². The van der Waals surface area contributed by atoms with Gasteiger partial charge in [-0.2, -0.15) is 11.8 Å². The first-order chi connectivity index (χ1) is 12.3. The molecule has 1 N–H and O–H groups in total. The standard InChI is InChI=1S/C19H24N2O3S2/c1-15-9-10-17(13-18(15)21(2)26(3,23)24)19(22)20-11-12-25-14-16-7-5-4-6-8-16/h4-10,13H,11-12,14H2,1-3H3,(H,20,22). The van der Waals surface area contributed by atoms with Crippen LogP contribution in [0.4, 0.5) is 5.69 Å². The zero-order chi connectivity index (χ0) is 19.2. The van der Waals surface area contributed by atoms with E-state index in [1.165, 1.54) is 16.9 Å². The van der Waals surface area contributed by atoms with Gasteiger partial charge in [0.05, 0.1) is 11.9 Å². The summed E-state index contributed by atoms with van der Waals surface area (Å²) in [7, 11) is -1.89. The third kappa shape index (κ3) is 5.78. The van der Waals surface area contributed by atoms with E-state index < -0.39 is 10.0 Å². The summed E-state index contributed by atoms with van der Waals surface area (Å²) in [4.78, 5) is 12.3. The number of aryl methyl sites for hydroxylation is 1. The van der Waals surface area contributed by atoms with Gasteiger partial charge in [0.1, 0.15) is 0 Å². The van der Waals surface area contributed by atoms with Crippen LogP contribution in [-0.4, -0.2) is 39.9 Å². The van der Waals surface area contributed by atoms with Gasteiger partial charge in [-0.1, -0.05) is 36.4 Å². The number of nitrogens with zero attached hydrogens (tertiary/aromatic N) is 1. The zero-order valence-electron chi connectivity index (χ0n) is 15.2. The second-order valence-corrected chi connectivity index (χ2v) is 9.14. The van der Waals surface area contributed by atoms with E-state index in [1.54, 1.807) is 30.0 Å². The minimum Gasteiger partial charge on any atom is -0.351 e. The smallest absolute Gasteiger partial charge is 0.251 e. The molecule has 2 aromatic rings. The molecular weight excluding hydrogens is 368 g/mol. The third-order valence-corrected chi connectivity index (χ3v) is 6.17. The van der Waals surface area contributed by atoms with E-state index in [2.05, 4.69) is 17.4 Å². The second-order valence-electron chi connectivity index (χ2n) is 6.03. The number of hydrogen-bond donors (Lipinski definition) is 1. The summed E-state index contributed by atoms with van der Waals surface area (Å²) in [6, 6.07) is 15.3. The van der Waals surface area contributed by atoms with Crippen LogP contribution in [0, 0.1) is 6.92 Å². The van der Waals surface area contributed by atoms with Crippen LogP contribution in [0.1, 0.15) is 21.5 Å².